The molecule has 0 aliphatic carbocycles. The van der Waals surface area contributed by atoms with Crippen LogP contribution < -0.4 is 0 Å². The highest BCUT2D eigenvalue weighted by Gasteiger charge is 2.33. The average molecular weight is 308 g/mol. The Hall–Kier alpha value is -1.86. The van der Waals surface area contributed by atoms with E-state index in [9.17, 15) is 13.9 Å². The van der Waals surface area contributed by atoms with Crippen LogP contribution in [-0.4, -0.2) is 37.8 Å². The van der Waals surface area contributed by atoms with Gasteiger partial charge in [-0.2, -0.15) is 5.10 Å². The molecule has 1 aromatic heterocycles. The number of benzene rings is 1. The highest BCUT2D eigenvalue weighted by atomic mass is 19.2. The second-order valence-electron chi connectivity index (χ2n) is 5.56. The van der Waals surface area contributed by atoms with Crippen LogP contribution in [0.4, 0.5) is 8.78 Å². The first-order chi connectivity index (χ1) is 10.6. The number of rotatable bonds is 4. The zero-order valence-corrected chi connectivity index (χ0v) is 12.3. The number of aromatic nitrogens is 3. The molecule has 22 heavy (non-hydrogen) atoms. The molecule has 2 aromatic rings. The van der Waals surface area contributed by atoms with Gasteiger partial charge in [-0.1, -0.05) is 13.0 Å². The molecule has 2 atom stereocenters. The van der Waals surface area contributed by atoms with Crippen LogP contribution in [0.2, 0.25) is 0 Å². The fourth-order valence-corrected chi connectivity index (χ4v) is 2.88. The van der Waals surface area contributed by atoms with Crippen LogP contribution in [0.5, 0.6) is 0 Å². The predicted octanol–water partition coefficient (Wildman–Crippen LogP) is 1.95. The SMILES string of the molecule is CCc1n[nH]c(CN2C[C@H](O)C[C@H]2c2ccc(F)c(F)c2)n1. The van der Waals surface area contributed by atoms with Crippen molar-refractivity contribution in [3.05, 3.63) is 47.0 Å². The molecule has 118 valence electrons. The Balaban J connectivity index is 1.80. The summed E-state index contributed by atoms with van der Waals surface area (Å²) in [5, 5.41) is 16.9. The molecule has 0 bridgehead atoms. The molecule has 0 unspecified atom stereocenters. The number of hydrogen-bond acceptors (Lipinski definition) is 4. The van der Waals surface area contributed by atoms with Gasteiger partial charge in [-0.3, -0.25) is 10.00 Å². The number of aryl methyl sites for hydroxylation is 1. The van der Waals surface area contributed by atoms with Crippen LogP contribution in [0.25, 0.3) is 0 Å². The normalized spacial score (nSPS) is 22.4. The number of aliphatic hydroxyl groups excluding tert-OH is 1. The highest BCUT2D eigenvalue weighted by Crippen LogP contribution is 2.33. The van der Waals surface area contributed by atoms with Crippen molar-refractivity contribution in [1.82, 2.24) is 20.1 Å². The molecule has 3 rings (SSSR count). The summed E-state index contributed by atoms with van der Waals surface area (Å²) in [6.45, 7) is 2.91. The molecular weight excluding hydrogens is 290 g/mol. The average Bonchev–Trinajstić information content (AvgIpc) is 3.09. The zero-order chi connectivity index (χ0) is 15.7. The molecule has 2 N–H and O–H groups in total. The Morgan fingerprint density at radius 2 is 2.18 bits per heavy atom. The van der Waals surface area contributed by atoms with Crippen molar-refractivity contribution in [2.75, 3.05) is 6.54 Å². The van der Waals surface area contributed by atoms with Crippen LogP contribution in [0.1, 0.15) is 36.6 Å². The molecule has 1 aromatic carbocycles. The van der Waals surface area contributed by atoms with Gasteiger partial charge in [0.15, 0.2) is 11.6 Å². The van der Waals surface area contributed by atoms with E-state index in [-0.39, 0.29) is 6.04 Å². The summed E-state index contributed by atoms with van der Waals surface area (Å²) < 4.78 is 26.5. The summed E-state index contributed by atoms with van der Waals surface area (Å²) in [5.41, 5.74) is 0.658. The van der Waals surface area contributed by atoms with Crippen LogP contribution in [0.3, 0.4) is 0 Å². The molecule has 5 nitrogen and oxygen atoms in total. The van der Waals surface area contributed by atoms with Crippen molar-refractivity contribution >= 4 is 0 Å². The number of H-pyrrole nitrogens is 1. The Labute approximate surface area is 127 Å². The number of halogens is 2. The molecule has 1 fully saturated rings. The summed E-state index contributed by atoms with van der Waals surface area (Å²) in [6.07, 6.45) is 0.734. The standard InChI is InChI=1S/C15H18F2N4O/c1-2-14-18-15(20-19-14)8-21-7-10(22)6-13(21)9-3-4-11(16)12(17)5-9/h3-5,10,13,22H,2,6-8H2,1H3,(H,18,19,20)/t10-,13+/m1/s1. The number of hydrogen-bond donors (Lipinski definition) is 2. The van der Waals surface area contributed by atoms with E-state index in [2.05, 4.69) is 15.2 Å². The molecule has 1 saturated heterocycles. The van der Waals surface area contributed by atoms with Gasteiger partial charge in [0.1, 0.15) is 11.6 Å². The minimum absolute atomic E-state index is 0.166. The molecule has 0 amide bonds. The smallest absolute Gasteiger partial charge is 0.159 e. The van der Waals surface area contributed by atoms with Crippen molar-refractivity contribution in [2.24, 2.45) is 0 Å². The number of aliphatic hydroxyl groups is 1. The van der Waals surface area contributed by atoms with Gasteiger partial charge in [-0.05, 0) is 24.1 Å². The van der Waals surface area contributed by atoms with Gasteiger partial charge in [0.2, 0.25) is 0 Å². The fourth-order valence-electron chi connectivity index (χ4n) is 2.88. The number of nitrogens with one attached hydrogen (secondary N) is 1. The first kappa shape index (κ1) is 15.1. The third-order valence-corrected chi connectivity index (χ3v) is 3.96. The maximum atomic E-state index is 13.4. The van der Waals surface area contributed by atoms with E-state index in [0.29, 0.717) is 30.9 Å². The lowest BCUT2D eigenvalue weighted by atomic mass is 10.0. The van der Waals surface area contributed by atoms with Crippen molar-refractivity contribution in [3.63, 3.8) is 0 Å². The monoisotopic (exact) mass is 308 g/mol. The quantitative estimate of drug-likeness (QED) is 0.906. The third-order valence-electron chi connectivity index (χ3n) is 3.96. The Morgan fingerprint density at radius 3 is 2.86 bits per heavy atom. The van der Waals surface area contributed by atoms with Gasteiger partial charge in [0.25, 0.3) is 0 Å². The number of β-amino-alcohol motifs (C(OH)–C–C–N with tert-alkyl or cyclic N) is 1. The van der Waals surface area contributed by atoms with Gasteiger partial charge in [0.05, 0.1) is 12.6 Å². The minimum Gasteiger partial charge on any atom is -0.392 e. The van der Waals surface area contributed by atoms with E-state index < -0.39 is 17.7 Å². The maximum absolute atomic E-state index is 13.4. The van der Waals surface area contributed by atoms with Gasteiger partial charge < -0.3 is 5.11 Å². The largest absolute Gasteiger partial charge is 0.392 e. The lowest BCUT2D eigenvalue weighted by Crippen LogP contribution is -2.25. The van der Waals surface area contributed by atoms with E-state index in [0.717, 1.165) is 18.3 Å². The van der Waals surface area contributed by atoms with Crippen LogP contribution in [-0.2, 0) is 13.0 Å². The van der Waals surface area contributed by atoms with Crippen LogP contribution >= 0.6 is 0 Å². The van der Waals surface area contributed by atoms with Gasteiger partial charge in [0, 0.05) is 19.0 Å². The Bertz CT molecular complexity index is 661. The lowest BCUT2D eigenvalue weighted by molar-refractivity contribution is 0.171. The summed E-state index contributed by atoms with van der Waals surface area (Å²) in [5.74, 6) is -0.291. The minimum atomic E-state index is -0.869. The molecule has 1 aliphatic rings. The van der Waals surface area contributed by atoms with Gasteiger partial charge in [-0.25, -0.2) is 13.8 Å². The van der Waals surface area contributed by atoms with Crippen molar-refractivity contribution in [2.45, 2.75) is 38.5 Å². The van der Waals surface area contributed by atoms with Crippen molar-refractivity contribution in [3.8, 4) is 0 Å². The van der Waals surface area contributed by atoms with Crippen LogP contribution in [0, 0.1) is 11.6 Å². The summed E-state index contributed by atoms with van der Waals surface area (Å²) >= 11 is 0. The van der Waals surface area contributed by atoms with Gasteiger partial charge in [-0.15, -0.1) is 0 Å². The molecule has 0 saturated carbocycles. The van der Waals surface area contributed by atoms with E-state index in [1.807, 2.05) is 11.8 Å². The van der Waals surface area contributed by atoms with E-state index in [1.54, 1.807) is 6.07 Å². The Morgan fingerprint density at radius 1 is 1.36 bits per heavy atom. The molecule has 1 aliphatic heterocycles. The van der Waals surface area contributed by atoms with Gasteiger partial charge >= 0.3 is 0 Å². The van der Waals surface area contributed by atoms with Crippen molar-refractivity contribution < 1.29 is 13.9 Å². The maximum Gasteiger partial charge on any atom is 0.159 e. The fraction of sp³-hybridized carbons (Fsp3) is 0.467. The van der Waals surface area contributed by atoms with E-state index >= 15 is 0 Å². The van der Waals surface area contributed by atoms with E-state index in [4.69, 9.17) is 0 Å². The second kappa shape index (κ2) is 6.10. The Kier molecular flexibility index (Phi) is 4.17. The number of likely N-dealkylation sites (tertiary alicyclic amines) is 1. The van der Waals surface area contributed by atoms with Crippen molar-refractivity contribution in [1.29, 1.82) is 0 Å². The molecular formula is C15H18F2N4O. The molecule has 0 spiro atoms. The van der Waals surface area contributed by atoms with E-state index in [1.165, 1.54) is 6.07 Å². The summed E-state index contributed by atoms with van der Waals surface area (Å²) in [6, 6.07) is 3.71. The topological polar surface area (TPSA) is 65.0 Å². The zero-order valence-electron chi connectivity index (χ0n) is 12.3. The molecule has 2 heterocycles. The number of aromatic amines is 1. The summed E-state index contributed by atoms with van der Waals surface area (Å²) in [4.78, 5) is 6.35. The molecule has 7 heteroatoms. The second-order valence-corrected chi connectivity index (χ2v) is 5.56. The lowest BCUT2D eigenvalue weighted by Gasteiger charge is -2.23. The molecule has 0 radical (unpaired) electrons. The predicted molar refractivity (Wildman–Crippen MR) is 75.9 cm³/mol. The highest BCUT2D eigenvalue weighted by molar-refractivity contribution is 5.23. The first-order valence-corrected chi connectivity index (χ1v) is 7.34. The summed E-state index contributed by atoms with van der Waals surface area (Å²) in [7, 11) is 0. The third kappa shape index (κ3) is 3.00. The van der Waals surface area contributed by atoms with Crippen LogP contribution in [0.15, 0.2) is 18.2 Å². The number of nitrogens with zero attached hydrogens (tertiary/aromatic N) is 3. The first-order valence-electron chi connectivity index (χ1n) is 7.34.